The zero-order valence-electron chi connectivity index (χ0n) is 10.5. The molecule has 1 aromatic heterocycles. The zero-order valence-corrected chi connectivity index (χ0v) is 10.5. The summed E-state index contributed by atoms with van der Waals surface area (Å²) < 4.78 is 0. The van der Waals surface area contributed by atoms with Crippen LogP contribution >= 0.6 is 0 Å². The number of pyridine rings is 1. The molecule has 0 amide bonds. The Hall–Kier alpha value is -1.05. The van der Waals surface area contributed by atoms with Crippen LogP contribution in [0, 0.1) is 11.3 Å². The van der Waals surface area contributed by atoms with Gasteiger partial charge in [0.05, 0.1) is 0 Å². The van der Waals surface area contributed by atoms with Crippen LogP contribution in [0.5, 0.6) is 0 Å². The maximum absolute atomic E-state index is 4.33. The molecule has 1 heterocycles. The largest absolute Gasteiger partial charge is 0.373 e. The van der Waals surface area contributed by atoms with Gasteiger partial charge in [0, 0.05) is 13.2 Å². The van der Waals surface area contributed by atoms with E-state index in [-0.39, 0.29) is 0 Å². The van der Waals surface area contributed by atoms with Gasteiger partial charge in [-0.15, -0.1) is 0 Å². The fourth-order valence-corrected chi connectivity index (χ4v) is 1.41. The zero-order chi connectivity index (χ0) is 11.5. The van der Waals surface area contributed by atoms with Gasteiger partial charge in [0.1, 0.15) is 5.82 Å². The van der Waals surface area contributed by atoms with E-state index in [9.17, 15) is 0 Å². The lowest BCUT2D eigenvalue weighted by Gasteiger charge is -2.29. The number of nitrogens with one attached hydrogen (secondary N) is 1. The molecule has 0 bridgehead atoms. The first kappa shape index (κ1) is 12.0. The number of aromatic nitrogens is 1. The fourth-order valence-electron chi connectivity index (χ4n) is 1.41. The summed E-state index contributed by atoms with van der Waals surface area (Å²) in [7, 11) is 1.89. The van der Waals surface area contributed by atoms with Crippen LogP contribution in [0.2, 0.25) is 0 Å². The molecular formula is C13H22N2. The molecular weight excluding hydrogens is 184 g/mol. The highest BCUT2D eigenvalue weighted by atomic mass is 14.9. The molecule has 15 heavy (non-hydrogen) atoms. The molecule has 0 aromatic carbocycles. The van der Waals surface area contributed by atoms with Crippen LogP contribution in [-0.2, 0) is 6.42 Å². The van der Waals surface area contributed by atoms with Crippen molar-refractivity contribution in [2.45, 2.75) is 34.1 Å². The molecule has 2 nitrogen and oxygen atoms in total. The van der Waals surface area contributed by atoms with Crippen LogP contribution in [-0.4, -0.2) is 12.0 Å². The summed E-state index contributed by atoms with van der Waals surface area (Å²) in [6, 6.07) is 4.19. The van der Waals surface area contributed by atoms with E-state index in [0.717, 1.165) is 12.2 Å². The molecule has 0 spiro atoms. The van der Waals surface area contributed by atoms with E-state index >= 15 is 0 Å². The summed E-state index contributed by atoms with van der Waals surface area (Å²) in [5, 5.41) is 3.03. The van der Waals surface area contributed by atoms with Crippen LogP contribution in [0.4, 0.5) is 5.82 Å². The Morgan fingerprint density at radius 2 is 2.00 bits per heavy atom. The quantitative estimate of drug-likeness (QED) is 0.817. The minimum absolute atomic E-state index is 0.336. The predicted octanol–water partition coefficient (Wildman–Crippen LogP) is 3.35. The second kappa shape index (κ2) is 4.65. The molecule has 0 saturated heterocycles. The molecule has 0 saturated carbocycles. The lowest BCUT2D eigenvalue weighted by Crippen LogP contribution is -2.22. The average molecular weight is 206 g/mol. The summed E-state index contributed by atoms with van der Waals surface area (Å²) >= 11 is 0. The lowest BCUT2D eigenvalue weighted by atomic mass is 9.76. The van der Waals surface area contributed by atoms with Crippen LogP contribution < -0.4 is 5.32 Å². The van der Waals surface area contributed by atoms with Crippen molar-refractivity contribution in [3.05, 3.63) is 23.9 Å². The lowest BCUT2D eigenvalue weighted by molar-refractivity contribution is 0.248. The van der Waals surface area contributed by atoms with E-state index in [4.69, 9.17) is 0 Å². The van der Waals surface area contributed by atoms with Crippen molar-refractivity contribution < 1.29 is 0 Å². The average Bonchev–Trinajstić information content (AvgIpc) is 2.18. The minimum Gasteiger partial charge on any atom is -0.373 e. The van der Waals surface area contributed by atoms with Crippen molar-refractivity contribution in [2.24, 2.45) is 11.3 Å². The van der Waals surface area contributed by atoms with Crippen molar-refractivity contribution in [2.75, 3.05) is 12.4 Å². The third-order valence-electron chi connectivity index (χ3n) is 3.30. The van der Waals surface area contributed by atoms with E-state index in [1.54, 1.807) is 0 Å². The standard InChI is InChI=1S/C13H22N2/c1-10(2)13(3,4)8-11-6-7-12(14-5)15-9-11/h6-7,9-10H,8H2,1-5H3,(H,14,15). The Morgan fingerprint density at radius 3 is 2.40 bits per heavy atom. The van der Waals surface area contributed by atoms with Gasteiger partial charge in [-0.2, -0.15) is 0 Å². The maximum Gasteiger partial charge on any atom is 0.125 e. The van der Waals surface area contributed by atoms with Crippen molar-refractivity contribution in [3.8, 4) is 0 Å². The van der Waals surface area contributed by atoms with Gasteiger partial charge in [-0.1, -0.05) is 33.8 Å². The molecule has 1 rings (SSSR count). The van der Waals surface area contributed by atoms with E-state index < -0.39 is 0 Å². The Balaban J connectivity index is 2.73. The third-order valence-corrected chi connectivity index (χ3v) is 3.30. The summed E-state index contributed by atoms with van der Waals surface area (Å²) in [5.41, 5.74) is 1.65. The van der Waals surface area contributed by atoms with Crippen molar-refractivity contribution in [1.82, 2.24) is 4.98 Å². The number of anilines is 1. The Labute approximate surface area is 93.1 Å². The predicted molar refractivity (Wildman–Crippen MR) is 66.1 cm³/mol. The molecule has 1 N–H and O–H groups in total. The highest BCUT2D eigenvalue weighted by Gasteiger charge is 2.22. The normalized spacial score (nSPS) is 11.9. The van der Waals surface area contributed by atoms with Gasteiger partial charge < -0.3 is 5.32 Å². The number of hydrogen-bond acceptors (Lipinski definition) is 2. The first-order valence-corrected chi connectivity index (χ1v) is 5.58. The Morgan fingerprint density at radius 1 is 1.33 bits per heavy atom. The van der Waals surface area contributed by atoms with Crippen molar-refractivity contribution in [1.29, 1.82) is 0 Å². The molecule has 0 aliphatic carbocycles. The second-order valence-corrected chi connectivity index (χ2v) is 5.12. The van der Waals surface area contributed by atoms with Crippen LogP contribution in [0.1, 0.15) is 33.3 Å². The van der Waals surface area contributed by atoms with Gasteiger partial charge in [0.2, 0.25) is 0 Å². The van der Waals surface area contributed by atoms with Gasteiger partial charge >= 0.3 is 0 Å². The molecule has 0 unspecified atom stereocenters. The molecule has 1 aromatic rings. The minimum atomic E-state index is 0.336. The van der Waals surface area contributed by atoms with E-state index in [1.807, 2.05) is 19.3 Å². The monoisotopic (exact) mass is 206 g/mol. The summed E-state index contributed by atoms with van der Waals surface area (Å²) in [6.07, 6.45) is 3.05. The number of hydrogen-bond donors (Lipinski definition) is 1. The van der Waals surface area contributed by atoms with Gasteiger partial charge in [-0.05, 0) is 29.4 Å². The molecule has 0 atom stereocenters. The smallest absolute Gasteiger partial charge is 0.125 e. The maximum atomic E-state index is 4.33. The molecule has 2 heteroatoms. The summed E-state index contributed by atoms with van der Waals surface area (Å²) in [6.45, 7) is 9.16. The van der Waals surface area contributed by atoms with Gasteiger partial charge in [0.25, 0.3) is 0 Å². The van der Waals surface area contributed by atoms with Gasteiger partial charge in [0.15, 0.2) is 0 Å². The SMILES string of the molecule is CNc1ccc(CC(C)(C)C(C)C)cn1. The highest BCUT2D eigenvalue weighted by Crippen LogP contribution is 2.30. The van der Waals surface area contributed by atoms with Crippen LogP contribution in [0.25, 0.3) is 0 Å². The van der Waals surface area contributed by atoms with Crippen molar-refractivity contribution in [3.63, 3.8) is 0 Å². The van der Waals surface area contributed by atoms with Gasteiger partial charge in [-0.25, -0.2) is 4.98 Å². The van der Waals surface area contributed by atoms with Crippen molar-refractivity contribution >= 4 is 5.82 Å². The molecule has 0 aliphatic rings. The molecule has 0 aliphatic heterocycles. The first-order valence-electron chi connectivity index (χ1n) is 5.58. The molecule has 84 valence electrons. The van der Waals surface area contributed by atoms with E-state index in [1.165, 1.54) is 5.56 Å². The van der Waals surface area contributed by atoms with Crippen LogP contribution in [0.3, 0.4) is 0 Å². The number of rotatable bonds is 4. The molecule has 0 radical (unpaired) electrons. The van der Waals surface area contributed by atoms with Crippen LogP contribution in [0.15, 0.2) is 18.3 Å². The second-order valence-electron chi connectivity index (χ2n) is 5.12. The topological polar surface area (TPSA) is 24.9 Å². The van der Waals surface area contributed by atoms with E-state index in [2.05, 4.69) is 44.1 Å². The Bertz CT molecular complexity index is 299. The first-order chi connectivity index (χ1) is 6.95. The fraction of sp³-hybridized carbons (Fsp3) is 0.615. The summed E-state index contributed by atoms with van der Waals surface area (Å²) in [5.74, 6) is 1.61. The Kier molecular flexibility index (Phi) is 3.72. The molecule has 0 fully saturated rings. The number of nitrogens with zero attached hydrogens (tertiary/aromatic N) is 1. The van der Waals surface area contributed by atoms with E-state index in [0.29, 0.717) is 11.3 Å². The third kappa shape index (κ3) is 3.22. The van der Waals surface area contributed by atoms with Gasteiger partial charge in [-0.3, -0.25) is 0 Å². The summed E-state index contributed by atoms with van der Waals surface area (Å²) in [4.78, 5) is 4.33. The highest BCUT2D eigenvalue weighted by molar-refractivity contribution is 5.34.